The van der Waals surface area contributed by atoms with E-state index in [2.05, 4.69) is 16.4 Å². The molecule has 0 saturated carbocycles. The number of hydrogen-bond donors (Lipinski definition) is 1. The molecule has 0 aliphatic heterocycles. The summed E-state index contributed by atoms with van der Waals surface area (Å²) in [5, 5.41) is 15.4. The molecule has 0 spiro atoms. The second-order valence-electron chi connectivity index (χ2n) is 7.74. The first kappa shape index (κ1) is 21.9. The maximum Gasteiger partial charge on any atom is 0.235 e. The minimum absolute atomic E-state index is 0.162. The Kier molecular flexibility index (Phi) is 6.32. The van der Waals surface area contributed by atoms with Crippen LogP contribution in [0.1, 0.15) is 28.8 Å². The van der Waals surface area contributed by atoms with Gasteiger partial charge >= 0.3 is 0 Å². The first-order valence-electron chi connectivity index (χ1n) is 10.6. The molecule has 1 aliphatic rings. The molecule has 0 bridgehead atoms. The van der Waals surface area contributed by atoms with Gasteiger partial charge in [-0.25, -0.2) is 9.97 Å². The molecule has 1 N–H and O–H groups in total. The first-order valence-corrected chi connectivity index (χ1v) is 12.8. The van der Waals surface area contributed by atoms with Gasteiger partial charge in [-0.2, -0.15) is 5.26 Å². The Balaban J connectivity index is 1.40. The van der Waals surface area contributed by atoms with Crippen LogP contribution in [0.3, 0.4) is 0 Å². The van der Waals surface area contributed by atoms with E-state index in [0.29, 0.717) is 26.4 Å². The minimum atomic E-state index is -0.162. The van der Waals surface area contributed by atoms with Gasteiger partial charge in [0.2, 0.25) is 5.91 Å². The van der Waals surface area contributed by atoms with Crippen LogP contribution in [0.5, 0.6) is 0 Å². The predicted molar refractivity (Wildman–Crippen MR) is 135 cm³/mol. The molecular weight excluding hydrogens is 472 g/mol. The zero-order chi connectivity index (χ0) is 22.8. The Morgan fingerprint density at radius 1 is 1.15 bits per heavy atom. The van der Waals surface area contributed by atoms with Gasteiger partial charge in [0.1, 0.15) is 16.1 Å². The number of carbonyl (C=O) groups is 1. The number of carbonyl (C=O) groups excluding carboxylic acids is 1. The van der Waals surface area contributed by atoms with E-state index in [9.17, 15) is 10.1 Å². The molecule has 0 unspecified atom stereocenters. The topological polar surface area (TPSA) is 78.7 Å². The molecule has 0 radical (unpaired) electrons. The number of hydrogen-bond acceptors (Lipinski definition) is 6. The molecule has 8 heteroatoms. The van der Waals surface area contributed by atoms with Gasteiger partial charge in [0, 0.05) is 20.8 Å². The zero-order valence-electron chi connectivity index (χ0n) is 17.6. The van der Waals surface area contributed by atoms with Crippen LogP contribution in [0.25, 0.3) is 22.3 Å². The summed E-state index contributed by atoms with van der Waals surface area (Å²) in [6, 6.07) is 17.5. The monoisotopic (exact) mass is 490 g/mol. The maximum absolute atomic E-state index is 12.8. The van der Waals surface area contributed by atoms with Crippen LogP contribution < -0.4 is 5.32 Å². The summed E-state index contributed by atoms with van der Waals surface area (Å²) < 4.78 is 0. The van der Waals surface area contributed by atoms with Crippen molar-refractivity contribution in [1.82, 2.24) is 9.97 Å². The number of nitriles is 1. The number of nitrogens with one attached hydrogen (secondary N) is 1. The summed E-state index contributed by atoms with van der Waals surface area (Å²) in [5.41, 5.74) is 3.41. The number of thioether (sulfide) groups is 1. The number of aryl methyl sites for hydroxylation is 1. The lowest BCUT2D eigenvalue weighted by atomic mass is 9.96. The number of aromatic nitrogens is 2. The van der Waals surface area contributed by atoms with Crippen LogP contribution in [0, 0.1) is 11.3 Å². The molecular formula is C25H19ClN4OS2. The predicted octanol–water partition coefficient (Wildman–Crippen LogP) is 6.49. The SMILES string of the molecule is N#Cc1c(NC(=O)CSc2nc(-c3ccccc3)nc3ccc(Cl)cc23)sc2c1CCCC2. The third kappa shape index (κ3) is 4.60. The molecule has 0 atom stereocenters. The molecule has 2 aromatic carbocycles. The highest BCUT2D eigenvalue weighted by atomic mass is 35.5. The molecule has 0 saturated heterocycles. The number of anilines is 1. The summed E-state index contributed by atoms with van der Waals surface area (Å²) >= 11 is 9.10. The van der Waals surface area contributed by atoms with Gasteiger partial charge in [-0.05, 0) is 49.4 Å². The third-order valence-corrected chi connectivity index (χ3v) is 7.96. The fourth-order valence-corrected chi connectivity index (χ4v) is 6.21. The average molecular weight is 491 g/mol. The van der Waals surface area contributed by atoms with Gasteiger partial charge in [-0.3, -0.25) is 4.79 Å². The smallest absolute Gasteiger partial charge is 0.235 e. The summed E-state index contributed by atoms with van der Waals surface area (Å²) in [5.74, 6) is 0.608. The lowest BCUT2D eigenvalue weighted by molar-refractivity contribution is -0.113. The number of rotatable bonds is 5. The summed E-state index contributed by atoms with van der Waals surface area (Å²) in [6.07, 6.45) is 4.12. The molecule has 164 valence electrons. The van der Waals surface area contributed by atoms with Gasteiger partial charge < -0.3 is 5.32 Å². The number of fused-ring (bicyclic) bond motifs is 2. The van der Waals surface area contributed by atoms with Crippen molar-refractivity contribution in [3.8, 4) is 17.5 Å². The van der Waals surface area contributed by atoms with Crippen LogP contribution in [0.2, 0.25) is 5.02 Å². The Labute approximate surface area is 204 Å². The van der Waals surface area contributed by atoms with Crippen LogP contribution in [0.4, 0.5) is 5.00 Å². The van der Waals surface area contributed by atoms with Crippen molar-refractivity contribution in [3.05, 3.63) is 69.6 Å². The van der Waals surface area contributed by atoms with E-state index in [-0.39, 0.29) is 11.7 Å². The number of halogens is 1. The first-order chi connectivity index (χ1) is 16.1. The molecule has 33 heavy (non-hydrogen) atoms. The maximum atomic E-state index is 12.8. The number of amides is 1. The Hall–Kier alpha value is -2.92. The second-order valence-corrected chi connectivity index (χ2v) is 10.2. The highest BCUT2D eigenvalue weighted by molar-refractivity contribution is 8.00. The normalized spacial score (nSPS) is 12.8. The van der Waals surface area contributed by atoms with Crippen molar-refractivity contribution in [2.45, 2.75) is 30.7 Å². The van der Waals surface area contributed by atoms with Crippen molar-refractivity contribution in [2.24, 2.45) is 0 Å². The molecule has 5 nitrogen and oxygen atoms in total. The molecule has 1 amide bonds. The highest BCUT2D eigenvalue weighted by Crippen LogP contribution is 2.38. The van der Waals surface area contributed by atoms with E-state index in [1.807, 2.05) is 42.5 Å². The van der Waals surface area contributed by atoms with E-state index in [1.165, 1.54) is 28.0 Å². The number of benzene rings is 2. The van der Waals surface area contributed by atoms with E-state index in [4.69, 9.17) is 16.6 Å². The van der Waals surface area contributed by atoms with Crippen LogP contribution in [-0.4, -0.2) is 21.6 Å². The third-order valence-electron chi connectivity index (χ3n) is 5.53. The lowest BCUT2D eigenvalue weighted by Gasteiger charge is -2.10. The van der Waals surface area contributed by atoms with E-state index < -0.39 is 0 Å². The Bertz CT molecular complexity index is 1400. The average Bonchev–Trinajstić information content (AvgIpc) is 3.19. The van der Waals surface area contributed by atoms with Crippen LogP contribution in [0.15, 0.2) is 53.6 Å². The quantitative estimate of drug-likeness (QED) is 0.255. The van der Waals surface area contributed by atoms with Crippen molar-refractivity contribution in [2.75, 3.05) is 11.1 Å². The Morgan fingerprint density at radius 2 is 1.97 bits per heavy atom. The minimum Gasteiger partial charge on any atom is -0.316 e. The van der Waals surface area contributed by atoms with Crippen molar-refractivity contribution in [3.63, 3.8) is 0 Å². The lowest BCUT2D eigenvalue weighted by Crippen LogP contribution is -2.14. The molecule has 1 aliphatic carbocycles. The Morgan fingerprint density at radius 3 is 2.79 bits per heavy atom. The fraction of sp³-hybridized carbons (Fsp3) is 0.200. The zero-order valence-corrected chi connectivity index (χ0v) is 20.0. The fourth-order valence-electron chi connectivity index (χ4n) is 3.97. The number of nitrogens with zero attached hydrogens (tertiary/aromatic N) is 3. The largest absolute Gasteiger partial charge is 0.316 e. The summed E-state index contributed by atoms with van der Waals surface area (Å²) in [4.78, 5) is 23.5. The van der Waals surface area contributed by atoms with Gasteiger partial charge in [0.25, 0.3) is 0 Å². The summed E-state index contributed by atoms with van der Waals surface area (Å²) in [6.45, 7) is 0. The van der Waals surface area contributed by atoms with Gasteiger partial charge in [-0.1, -0.05) is 53.7 Å². The van der Waals surface area contributed by atoms with Crippen LogP contribution >= 0.6 is 34.7 Å². The van der Waals surface area contributed by atoms with Gasteiger partial charge in [0.05, 0.1) is 16.8 Å². The second kappa shape index (κ2) is 9.52. The highest BCUT2D eigenvalue weighted by Gasteiger charge is 2.22. The van der Waals surface area contributed by atoms with Crippen molar-refractivity contribution < 1.29 is 4.79 Å². The molecule has 2 aromatic heterocycles. The van der Waals surface area contributed by atoms with E-state index in [1.54, 1.807) is 6.07 Å². The molecule has 5 rings (SSSR count). The number of thiophene rings is 1. The summed E-state index contributed by atoms with van der Waals surface area (Å²) in [7, 11) is 0. The van der Waals surface area contributed by atoms with Crippen molar-refractivity contribution in [1.29, 1.82) is 5.26 Å². The molecule has 4 aromatic rings. The van der Waals surface area contributed by atoms with Gasteiger partial charge in [-0.15, -0.1) is 11.3 Å². The molecule has 0 fully saturated rings. The van der Waals surface area contributed by atoms with E-state index >= 15 is 0 Å². The van der Waals surface area contributed by atoms with Gasteiger partial charge in [0.15, 0.2) is 5.82 Å². The standard InChI is InChI=1S/C25H19ClN4OS2/c26-16-10-11-20-18(12-16)24(30-23(28-20)15-6-2-1-3-7-15)32-14-22(31)29-25-19(13-27)17-8-4-5-9-21(17)33-25/h1-3,6-7,10-12H,4-5,8-9,14H2,(H,29,31). The molecule has 2 heterocycles. The van der Waals surface area contributed by atoms with E-state index in [0.717, 1.165) is 47.7 Å². The van der Waals surface area contributed by atoms with Crippen molar-refractivity contribution >= 4 is 56.5 Å². The van der Waals surface area contributed by atoms with Crippen LogP contribution in [-0.2, 0) is 17.6 Å².